The molecule has 3 nitrogen and oxygen atoms in total. The Hall–Kier alpha value is -0.670. The van der Waals surface area contributed by atoms with Crippen molar-refractivity contribution in [2.45, 2.75) is 31.7 Å². The molecular formula is C10H17NO2. The fourth-order valence-electron chi connectivity index (χ4n) is 1.38. The average molecular weight is 183 g/mol. The molecule has 1 aliphatic rings. The van der Waals surface area contributed by atoms with E-state index < -0.39 is 5.54 Å². The van der Waals surface area contributed by atoms with Gasteiger partial charge in [0.05, 0.1) is 6.61 Å². The summed E-state index contributed by atoms with van der Waals surface area (Å²) in [5.41, 5.74) is 6.20. The maximum absolute atomic E-state index is 11.6. The molecule has 1 rings (SSSR count). The van der Waals surface area contributed by atoms with Crippen LogP contribution in [0.15, 0.2) is 12.2 Å². The summed E-state index contributed by atoms with van der Waals surface area (Å²) in [6.45, 7) is 6.65. The largest absolute Gasteiger partial charge is 0.379 e. The summed E-state index contributed by atoms with van der Waals surface area (Å²) in [5.74, 6) is 0.105. The van der Waals surface area contributed by atoms with E-state index in [0.717, 1.165) is 12.0 Å². The number of allylic oxidation sites excluding steroid dienone is 1. The third-order valence-corrected chi connectivity index (χ3v) is 2.39. The molecule has 3 heteroatoms. The molecule has 1 heterocycles. The Morgan fingerprint density at radius 3 is 2.77 bits per heavy atom. The van der Waals surface area contributed by atoms with Crippen LogP contribution < -0.4 is 5.73 Å². The monoisotopic (exact) mass is 183 g/mol. The Morgan fingerprint density at radius 2 is 2.31 bits per heavy atom. The molecule has 0 aromatic rings. The number of ketones is 1. The average Bonchev–Trinajstić information content (AvgIpc) is 2.49. The fourth-order valence-corrected chi connectivity index (χ4v) is 1.38. The van der Waals surface area contributed by atoms with Crippen molar-refractivity contribution in [1.29, 1.82) is 0 Å². The quantitative estimate of drug-likeness (QED) is 0.662. The number of carbonyl (C=O) groups excluding carboxylic acids is 1. The van der Waals surface area contributed by atoms with Gasteiger partial charge < -0.3 is 10.5 Å². The zero-order valence-corrected chi connectivity index (χ0v) is 8.14. The molecule has 1 aliphatic heterocycles. The van der Waals surface area contributed by atoms with Crippen molar-refractivity contribution in [3.63, 3.8) is 0 Å². The van der Waals surface area contributed by atoms with Gasteiger partial charge in [-0.05, 0) is 19.8 Å². The molecule has 0 amide bonds. The predicted molar refractivity (Wildman–Crippen MR) is 51.4 cm³/mol. The van der Waals surface area contributed by atoms with E-state index in [4.69, 9.17) is 10.5 Å². The second-order valence-corrected chi connectivity index (χ2v) is 3.84. The third-order valence-electron chi connectivity index (χ3n) is 2.39. The molecule has 1 unspecified atom stereocenters. The predicted octanol–water partition coefficient (Wildman–Crippen LogP) is 1.03. The van der Waals surface area contributed by atoms with E-state index in [9.17, 15) is 4.79 Å². The van der Waals surface area contributed by atoms with Crippen molar-refractivity contribution >= 4 is 5.78 Å². The number of hydrogen-bond donors (Lipinski definition) is 1. The highest BCUT2D eigenvalue weighted by Crippen LogP contribution is 2.19. The van der Waals surface area contributed by atoms with Crippen LogP contribution in [0.3, 0.4) is 0 Å². The SMILES string of the molecule is C=C(C)CCC(=O)C1(N)CCOC1. The fraction of sp³-hybridized carbons (Fsp3) is 0.700. The standard InChI is InChI=1S/C10H17NO2/c1-8(2)3-4-9(12)10(11)5-6-13-7-10/h1,3-7,11H2,2H3. The van der Waals surface area contributed by atoms with Gasteiger partial charge in [-0.25, -0.2) is 0 Å². The van der Waals surface area contributed by atoms with Crippen LogP contribution in [-0.4, -0.2) is 24.5 Å². The van der Waals surface area contributed by atoms with E-state index in [0.29, 0.717) is 26.1 Å². The highest BCUT2D eigenvalue weighted by Gasteiger charge is 2.37. The Kier molecular flexibility index (Phi) is 3.22. The van der Waals surface area contributed by atoms with E-state index in [2.05, 4.69) is 6.58 Å². The van der Waals surface area contributed by atoms with Gasteiger partial charge in [-0.1, -0.05) is 5.57 Å². The van der Waals surface area contributed by atoms with Gasteiger partial charge in [0.25, 0.3) is 0 Å². The second kappa shape index (κ2) is 4.03. The minimum Gasteiger partial charge on any atom is -0.379 e. The van der Waals surface area contributed by atoms with Gasteiger partial charge >= 0.3 is 0 Å². The van der Waals surface area contributed by atoms with Crippen molar-refractivity contribution in [1.82, 2.24) is 0 Å². The van der Waals surface area contributed by atoms with Crippen LogP contribution in [0, 0.1) is 0 Å². The lowest BCUT2D eigenvalue weighted by Gasteiger charge is -2.19. The number of nitrogens with two attached hydrogens (primary N) is 1. The van der Waals surface area contributed by atoms with Gasteiger partial charge in [-0.2, -0.15) is 0 Å². The number of carbonyl (C=O) groups is 1. The molecule has 0 aliphatic carbocycles. The van der Waals surface area contributed by atoms with Gasteiger partial charge in [-0.3, -0.25) is 4.79 Å². The van der Waals surface area contributed by atoms with E-state index in [1.54, 1.807) is 0 Å². The molecule has 0 bridgehead atoms. The first-order chi connectivity index (χ1) is 6.04. The van der Waals surface area contributed by atoms with E-state index in [1.165, 1.54) is 0 Å². The van der Waals surface area contributed by atoms with E-state index >= 15 is 0 Å². The summed E-state index contributed by atoms with van der Waals surface area (Å²) in [6, 6.07) is 0. The van der Waals surface area contributed by atoms with Crippen LogP contribution >= 0.6 is 0 Å². The van der Waals surface area contributed by atoms with Gasteiger partial charge in [0.15, 0.2) is 5.78 Å². The molecule has 0 saturated carbocycles. The van der Waals surface area contributed by atoms with Crippen molar-refractivity contribution in [3.05, 3.63) is 12.2 Å². The normalized spacial score (nSPS) is 27.5. The number of ether oxygens (including phenoxy) is 1. The molecule has 2 N–H and O–H groups in total. The Labute approximate surface area is 78.9 Å². The maximum Gasteiger partial charge on any atom is 0.155 e. The van der Waals surface area contributed by atoms with Crippen LogP contribution in [0.25, 0.3) is 0 Å². The van der Waals surface area contributed by atoms with Gasteiger partial charge in [0, 0.05) is 13.0 Å². The molecule has 0 spiro atoms. The van der Waals surface area contributed by atoms with Crippen molar-refractivity contribution in [3.8, 4) is 0 Å². The van der Waals surface area contributed by atoms with Gasteiger partial charge in [0.2, 0.25) is 0 Å². The minimum atomic E-state index is -0.713. The molecule has 0 aromatic carbocycles. The maximum atomic E-state index is 11.6. The Morgan fingerprint density at radius 1 is 1.62 bits per heavy atom. The lowest BCUT2D eigenvalue weighted by Crippen LogP contribution is -2.48. The highest BCUT2D eigenvalue weighted by molar-refractivity contribution is 5.88. The molecule has 1 atom stereocenters. The first-order valence-corrected chi connectivity index (χ1v) is 4.59. The second-order valence-electron chi connectivity index (χ2n) is 3.84. The van der Waals surface area contributed by atoms with E-state index in [-0.39, 0.29) is 5.78 Å². The zero-order chi connectivity index (χ0) is 9.90. The Balaban J connectivity index is 2.42. The lowest BCUT2D eigenvalue weighted by molar-refractivity contribution is -0.124. The summed E-state index contributed by atoms with van der Waals surface area (Å²) in [4.78, 5) is 11.6. The highest BCUT2D eigenvalue weighted by atomic mass is 16.5. The molecule has 1 fully saturated rings. The summed E-state index contributed by atoms with van der Waals surface area (Å²) in [5, 5.41) is 0. The molecular weight excluding hydrogens is 166 g/mol. The molecule has 0 aromatic heterocycles. The smallest absolute Gasteiger partial charge is 0.155 e. The zero-order valence-electron chi connectivity index (χ0n) is 8.14. The third kappa shape index (κ3) is 2.64. The topological polar surface area (TPSA) is 52.3 Å². The summed E-state index contributed by atoms with van der Waals surface area (Å²) in [6.07, 6.45) is 1.88. The first kappa shape index (κ1) is 10.4. The van der Waals surface area contributed by atoms with Crippen LogP contribution in [0.1, 0.15) is 26.2 Å². The van der Waals surface area contributed by atoms with Crippen LogP contribution in [-0.2, 0) is 9.53 Å². The van der Waals surface area contributed by atoms with Gasteiger partial charge in [0.1, 0.15) is 5.54 Å². The molecule has 1 saturated heterocycles. The minimum absolute atomic E-state index is 0.105. The Bertz CT molecular complexity index is 217. The number of Topliss-reactive ketones (excluding diaryl/α,β-unsaturated/α-hetero) is 1. The van der Waals surface area contributed by atoms with Gasteiger partial charge in [-0.15, -0.1) is 6.58 Å². The van der Waals surface area contributed by atoms with Crippen molar-refractivity contribution in [2.24, 2.45) is 5.73 Å². The molecule has 74 valence electrons. The van der Waals surface area contributed by atoms with Crippen LogP contribution in [0.2, 0.25) is 0 Å². The number of hydrogen-bond acceptors (Lipinski definition) is 3. The summed E-state index contributed by atoms with van der Waals surface area (Å²) in [7, 11) is 0. The number of rotatable bonds is 4. The van der Waals surface area contributed by atoms with Crippen molar-refractivity contribution in [2.75, 3.05) is 13.2 Å². The summed E-state index contributed by atoms with van der Waals surface area (Å²) >= 11 is 0. The van der Waals surface area contributed by atoms with Crippen molar-refractivity contribution < 1.29 is 9.53 Å². The lowest BCUT2D eigenvalue weighted by atomic mass is 9.91. The molecule has 0 radical (unpaired) electrons. The van der Waals surface area contributed by atoms with E-state index in [1.807, 2.05) is 6.92 Å². The van der Waals surface area contributed by atoms with Crippen LogP contribution in [0.5, 0.6) is 0 Å². The van der Waals surface area contributed by atoms with Crippen LogP contribution in [0.4, 0.5) is 0 Å². The first-order valence-electron chi connectivity index (χ1n) is 4.59. The molecule has 13 heavy (non-hydrogen) atoms. The summed E-state index contributed by atoms with van der Waals surface area (Å²) < 4.78 is 5.12.